The smallest absolute Gasteiger partial charge is 0.487 e. The second-order valence-electron chi connectivity index (χ2n) is 6.46. The summed E-state index contributed by atoms with van der Waals surface area (Å²) >= 11 is 6.07. The molecule has 1 aliphatic heterocycles. The van der Waals surface area contributed by atoms with E-state index in [2.05, 4.69) is 4.98 Å². The van der Waals surface area contributed by atoms with Crippen LogP contribution in [0.2, 0.25) is 5.15 Å². The number of hydrogen-bond acceptors (Lipinski definition) is 4. The molecule has 2 aliphatic rings. The molecule has 20 heavy (non-hydrogen) atoms. The summed E-state index contributed by atoms with van der Waals surface area (Å²) in [5, 5.41) is 0.386. The van der Waals surface area contributed by atoms with Crippen molar-refractivity contribution in [3.05, 3.63) is 17.4 Å². The minimum Gasteiger partial charge on any atom is -0.487 e. The van der Waals surface area contributed by atoms with E-state index in [9.17, 15) is 0 Å². The van der Waals surface area contributed by atoms with Gasteiger partial charge in [0, 0.05) is 11.7 Å². The second kappa shape index (κ2) is 4.62. The Labute approximate surface area is 124 Å². The highest BCUT2D eigenvalue weighted by atomic mass is 35.5. The van der Waals surface area contributed by atoms with Gasteiger partial charge in [-0.15, -0.1) is 0 Å². The Morgan fingerprint density at radius 2 is 1.85 bits per heavy atom. The summed E-state index contributed by atoms with van der Waals surface area (Å²) < 4.78 is 17.8. The lowest BCUT2D eigenvalue weighted by Crippen LogP contribution is -2.41. The zero-order valence-corrected chi connectivity index (χ0v) is 13.0. The number of aromatic nitrogens is 1. The van der Waals surface area contributed by atoms with Gasteiger partial charge in [-0.3, -0.25) is 0 Å². The number of halogens is 1. The lowest BCUT2D eigenvalue weighted by Gasteiger charge is -2.32. The summed E-state index contributed by atoms with van der Waals surface area (Å²) in [6.07, 6.45) is 4.13. The highest BCUT2D eigenvalue weighted by molar-refractivity contribution is 6.62. The Morgan fingerprint density at radius 3 is 2.40 bits per heavy atom. The van der Waals surface area contributed by atoms with E-state index in [1.807, 2.05) is 33.8 Å². The van der Waals surface area contributed by atoms with E-state index >= 15 is 0 Å². The van der Waals surface area contributed by atoms with Crippen LogP contribution in [-0.2, 0) is 9.31 Å². The molecule has 0 aromatic carbocycles. The first-order valence-electron chi connectivity index (χ1n) is 6.96. The fourth-order valence-corrected chi connectivity index (χ4v) is 2.15. The highest BCUT2D eigenvalue weighted by Crippen LogP contribution is 2.37. The first-order valence-corrected chi connectivity index (χ1v) is 7.34. The maximum absolute atomic E-state index is 6.07. The number of hydrogen-bond donors (Lipinski definition) is 0. The predicted octanol–water partition coefficient (Wildman–Crippen LogP) is 2.58. The summed E-state index contributed by atoms with van der Waals surface area (Å²) in [7, 11) is -0.439. The Morgan fingerprint density at radius 1 is 1.25 bits per heavy atom. The third kappa shape index (κ3) is 2.54. The molecule has 0 N–H and O–H groups in total. The van der Waals surface area contributed by atoms with Crippen LogP contribution in [-0.4, -0.2) is 29.4 Å². The summed E-state index contributed by atoms with van der Waals surface area (Å²) in [4.78, 5) is 4.18. The third-order valence-electron chi connectivity index (χ3n) is 4.17. The van der Waals surface area contributed by atoms with Gasteiger partial charge in [0.2, 0.25) is 0 Å². The molecular formula is C14H19BClNO3. The van der Waals surface area contributed by atoms with E-state index < -0.39 is 7.12 Å². The average molecular weight is 296 g/mol. The van der Waals surface area contributed by atoms with Gasteiger partial charge in [-0.1, -0.05) is 11.6 Å². The van der Waals surface area contributed by atoms with Crippen molar-refractivity contribution >= 4 is 24.2 Å². The van der Waals surface area contributed by atoms with Gasteiger partial charge >= 0.3 is 7.12 Å². The van der Waals surface area contributed by atoms with Gasteiger partial charge in [0.1, 0.15) is 0 Å². The van der Waals surface area contributed by atoms with Crippen LogP contribution in [0.3, 0.4) is 0 Å². The molecule has 0 bridgehead atoms. The molecule has 0 unspecified atom stereocenters. The van der Waals surface area contributed by atoms with Crippen molar-refractivity contribution in [2.45, 2.75) is 57.8 Å². The topological polar surface area (TPSA) is 40.6 Å². The molecule has 108 valence electrons. The molecule has 6 heteroatoms. The van der Waals surface area contributed by atoms with Gasteiger partial charge in [0.15, 0.2) is 10.9 Å². The van der Waals surface area contributed by atoms with Crippen LogP contribution in [0.25, 0.3) is 0 Å². The van der Waals surface area contributed by atoms with Crippen LogP contribution < -0.4 is 10.2 Å². The number of nitrogens with zero attached hydrogens (tertiary/aromatic N) is 1. The summed E-state index contributed by atoms with van der Waals surface area (Å²) in [6, 6.07) is 1.87. The molecule has 1 saturated heterocycles. The number of pyridine rings is 1. The molecule has 1 saturated carbocycles. The minimum atomic E-state index is -0.439. The van der Waals surface area contributed by atoms with Crippen molar-refractivity contribution in [1.29, 1.82) is 0 Å². The van der Waals surface area contributed by atoms with Gasteiger partial charge in [0.05, 0.1) is 17.3 Å². The molecule has 1 aliphatic carbocycles. The van der Waals surface area contributed by atoms with Crippen LogP contribution in [0, 0.1) is 0 Å². The summed E-state index contributed by atoms with van der Waals surface area (Å²) in [6.45, 7) is 8.10. The maximum atomic E-state index is 6.07. The van der Waals surface area contributed by atoms with Crippen LogP contribution in [0.15, 0.2) is 12.3 Å². The van der Waals surface area contributed by atoms with Crippen molar-refractivity contribution in [2.24, 2.45) is 0 Å². The molecule has 0 atom stereocenters. The molecule has 1 aromatic heterocycles. The molecule has 2 heterocycles. The first kappa shape index (κ1) is 14.2. The molecule has 4 nitrogen and oxygen atoms in total. The second-order valence-corrected chi connectivity index (χ2v) is 6.82. The molecule has 3 rings (SSSR count). The van der Waals surface area contributed by atoms with Crippen molar-refractivity contribution in [3.63, 3.8) is 0 Å². The molecule has 1 aromatic rings. The Balaban J connectivity index is 1.84. The van der Waals surface area contributed by atoms with Crippen molar-refractivity contribution in [3.8, 4) is 5.75 Å². The predicted molar refractivity (Wildman–Crippen MR) is 78.6 cm³/mol. The molecular weight excluding hydrogens is 276 g/mol. The maximum Gasteiger partial charge on any atom is 0.496 e. The monoisotopic (exact) mass is 295 g/mol. The lowest BCUT2D eigenvalue weighted by molar-refractivity contribution is 0.00578. The van der Waals surface area contributed by atoms with Gasteiger partial charge in [-0.2, -0.15) is 0 Å². The zero-order chi connectivity index (χ0) is 14.5. The van der Waals surface area contributed by atoms with Crippen LogP contribution >= 0.6 is 11.6 Å². The summed E-state index contributed by atoms with van der Waals surface area (Å²) in [5.41, 5.74) is 0.104. The van der Waals surface area contributed by atoms with E-state index in [1.165, 1.54) is 0 Å². The minimum absolute atomic E-state index is 0.280. The number of rotatable bonds is 3. The van der Waals surface area contributed by atoms with Crippen LogP contribution in [0.4, 0.5) is 0 Å². The lowest BCUT2D eigenvalue weighted by atomic mass is 9.80. The van der Waals surface area contributed by atoms with Gasteiger partial charge in [-0.05, 0) is 46.6 Å². The zero-order valence-electron chi connectivity index (χ0n) is 12.3. The Kier molecular flexibility index (Phi) is 3.27. The third-order valence-corrected chi connectivity index (χ3v) is 4.46. The SMILES string of the molecule is CC1(C)OB(c2cnc(Cl)c(OC3CC3)c2)OC1(C)C. The van der Waals surface area contributed by atoms with E-state index in [0.29, 0.717) is 10.9 Å². The Hall–Kier alpha value is -0.775. The fourth-order valence-electron chi connectivity index (χ4n) is 2.00. The molecule has 2 fully saturated rings. The standard InChI is InChI=1S/C14H19BClNO3/c1-13(2)14(3,4)20-15(19-13)9-7-11(12(16)17-8-9)18-10-5-6-10/h7-8,10H,5-6H2,1-4H3. The quantitative estimate of drug-likeness (QED) is 0.635. The van der Waals surface area contributed by atoms with E-state index in [0.717, 1.165) is 18.3 Å². The van der Waals surface area contributed by atoms with Crippen molar-refractivity contribution < 1.29 is 14.0 Å². The molecule has 0 radical (unpaired) electrons. The molecule has 0 spiro atoms. The first-order chi connectivity index (χ1) is 9.28. The largest absolute Gasteiger partial charge is 0.496 e. The van der Waals surface area contributed by atoms with Crippen LogP contribution in [0.1, 0.15) is 40.5 Å². The van der Waals surface area contributed by atoms with Crippen molar-refractivity contribution in [1.82, 2.24) is 4.98 Å². The number of ether oxygens (including phenoxy) is 1. The van der Waals surface area contributed by atoms with E-state index in [4.69, 9.17) is 25.6 Å². The summed E-state index contributed by atoms with van der Waals surface area (Å²) in [5.74, 6) is 0.612. The van der Waals surface area contributed by atoms with Gasteiger partial charge in [0.25, 0.3) is 0 Å². The average Bonchev–Trinajstić information content (AvgIpc) is 3.10. The van der Waals surface area contributed by atoms with E-state index in [-0.39, 0.29) is 17.3 Å². The van der Waals surface area contributed by atoms with E-state index in [1.54, 1.807) is 6.20 Å². The normalized spacial score (nSPS) is 23.9. The Bertz CT molecular complexity index is 515. The van der Waals surface area contributed by atoms with Gasteiger partial charge in [-0.25, -0.2) is 4.98 Å². The van der Waals surface area contributed by atoms with Crippen LogP contribution in [0.5, 0.6) is 5.75 Å². The van der Waals surface area contributed by atoms with Gasteiger partial charge < -0.3 is 14.0 Å². The highest BCUT2D eigenvalue weighted by Gasteiger charge is 2.52. The fraction of sp³-hybridized carbons (Fsp3) is 0.643. The molecule has 0 amide bonds. The van der Waals surface area contributed by atoms with Crippen molar-refractivity contribution in [2.75, 3.05) is 0 Å².